The molecule has 1 unspecified atom stereocenters. The maximum absolute atomic E-state index is 5.36. The minimum Gasteiger partial charge on any atom is -0.399 e. The van der Waals surface area contributed by atoms with E-state index in [1.807, 2.05) is 60.7 Å². The smallest absolute Gasteiger partial charge is 0.0313 e. The Kier molecular flexibility index (Phi) is 4.74. The molecule has 2 rings (SSSR count). The third-order valence-electron chi connectivity index (χ3n) is 1.60. The van der Waals surface area contributed by atoms with Gasteiger partial charge in [0.15, 0.2) is 0 Å². The summed E-state index contributed by atoms with van der Waals surface area (Å²) >= 11 is 0. The van der Waals surface area contributed by atoms with Gasteiger partial charge in [-0.1, -0.05) is 48.5 Å². The highest BCUT2D eigenvalue weighted by Crippen LogP contribution is 1.95. The molecule has 2 aromatic rings. The first-order chi connectivity index (χ1) is 6.79. The van der Waals surface area contributed by atoms with Crippen LogP contribution in [-0.2, 0) is 0 Å². The van der Waals surface area contributed by atoms with E-state index in [4.69, 9.17) is 5.73 Å². The first-order valence-corrected chi connectivity index (χ1v) is 4.98. The van der Waals surface area contributed by atoms with Crippen LogP contribution in [0.25, 0.3) is 0 Å². The van der Waals surface area contributed by atoms with Gasteiger partial charge in [0.1, 0.15) is 0 Å². The fraction of sp³-hybridized carbons (Fsp3) is 0. The number of para-hydroxylation sites is 1. The van der Waals surface area contributed by atoms with Crippen LogP contribution >= 0.6 is 9.24 Å². The second kappa shape index (κ2) is 6.17. The summed E-state index contributed by atoms with van der Waals surface area (Å²) in [5.41, 5.74) is 6.18. The Morgan fingerprint density at radius 1 is 0.714 bits per heavy atom. The summed E-state index contributed by atoms with van der Waals surface area (Å²) in [4.78, 5) is 0. The van der Waals surface area contributed by atoms with E-state index < -0.39 is 0 Å². The predicted octanol–water partition coefficient (Wildman–Crippen LogP) is 2.46. The molecule has 2 heteroatoms. The zero-order valence-corrected chi connectivity index (χ0v) is 9.08. The average Bonchev–Trinajstić information content (AvgIpc) is 2.21. The quantitative estimate of drug-likeness (QED) is 0.516. The van der Waals surface area contributed by atoms with E-state index in [1.165, 1.54) is 5.30 Å². The van der Waals surface area contributed by atoms with E-state index in [-0.39, 0.29) is 0 Å². The van der Waals surface area contributed by atoms with Gasteiger partial charge in [0.05, 0.1) is 0 Å². The van der Waals surface area contributed by atoms with Crippen LogP contribution in [0.2, 0.25) is 0 Å². The van der Waals surface area contributed by atoms with Crippen LogP contribution < -0.4 is 11.0 Å². The number of nitrogen functional groups attached to an aromatic ring is 1. The Balaban J connectivity index is 0.000000140. The summed E-state index contributed by atoms with van der Waals surface area (Å²) in [6.07, 6.45) is 0. The fourth-order valence-electron chi connectivity index (χ4n) is 0.906. The van der Waals surface area contributed by atoms with E-state index in [0.29, 0.717) is 0 Å². The van der Waals surface area contributed by atoms with Crippen molar-refractivity contribution >= 4 is 20.2 Å². The summed E-state index contributed by atoms with van der Waals surface area (Å²) < 4.78 is 0. The largest absolute Gasteiger partial charge is 0.399 e. The van der Waals surface area contributed by atoms with Gasteiger partial charge in [0, 0.05) is 5.69 Å². The van der Waals surface area contributed by atoms with Gasteiger partial charge in [0.2, 0.25) is 0 Å². The highest BCUT2D eigenvalue weighted by Gasteiger charge is 1.72. The third kappa shape index (κ3) is 4.64. The minimum absolute atomic E-state index is 0.822. The van der Waals surface area contributed by atoms with Crippen LogP contribution in [0.3, 0.4) is 0 Å². The molecular formula is C12H14NP. The zero-order chi connectivity index (χ0) is 10.2. The molecule has 0 aromatic heterocycles. The van der Waals surface area contributed by atoms with Crippen molar-refractivity contribution in [3.05, 3.63) is 60.7 Å². The number of hydrogen-bond acceptors (Lipinski definition) is 1. The molecule has 0 saturated carbocycles. The number of rotatable bonds is 0. The average molecular weight is 203 g/mol. The van der Waals surface area contributed by atoms with Crippen LogP contribution in [-0.4, -0.2) is 0 Å². The molecule has 0 spiro atoms. The first-order valence-electron chi connectivity index (χ1n) is 4.40. The maximum atomic E-state index is 5.36. The van der Waals surface area contributed by atoms with Gasteiger partial charge >= 0.3 is 0 Å². The van der Waals surface area contributed by atoms with Crippen molar-refractivity contribution in [1.29, 1.82) is 0 Å². The SMILES string of the molecule is Nc1ccccc1.Pc1ccccc1. The molecule has 0 aliphatic heterocycles. The van der Waals surface area contributed by atoms with Crippen molar-refractivity contribution in [1.82, 2.24) is 0 Å². The molecule has 2 aromatic carbocycles. The number of hydrogen-bond donors (Lipinski definition) is 1. The monoisotopic (exact) mass is 203 g/mol. The van der Waals surface area contributed by atoms with Crippen molar-refractivity contribution in [2.24, 2.45) is 0 Å². The Hall–Kier alpha value is -1.33. The lowest BCUT2D eigenvalue weighted by molar-refractivity contribution is 1.69. The Morgan fingerprint density at radius 3 is 1.36 bits per heavy atom. The van der Waals surface area contributed by atoms with Crippen LogP contribution in [0.5, 0.6) is 0 Å². The lowest BCUT2D eigenvalue weighted by Crippen LogP contribution is -1.82. The van der Waals surface area contributed by atoms with E-state index in [0.717, 1.165) is 5.69 Å². The van der Waals surface area contributed by atoms with Crippen molar-refractivity contribution in [2.75, 3.05) is 5.73 Å². The van der Waals surface area contributed by atoms with Gasteiger partial charge in [-0.3, -0.25) is 0 Å². The van der Waals surface area contributed by atoms with Crippen molar-refractivity contribution in [3.63, 3.8) is 0 Å². The van der Waals surface area contributed by atoms with E-state index in [1.54, 1.807) is 0 Å². The highest BCUT2D eigenvalue weighted by molar-refractivity contribution is 7.27. The molecule has 0 radical (unpaired) electrons. The maximum Gasteiger partial charge on any atom is 0.0313 e. The Labute approximate surface area is 87.2 Å². The van der Waals surface area contributed by atoms with Gasteiger partial charge < -0.3 is 5.73 Å². The topological polar surface area (TPSA) is 26.0 Å². The van der Waals surface area contributed by atoms with Crippen molar-refractivity contribution in [2.45, 2.75) is 0 Å². The van der Waals surface area contributed by atoms with Gasteiger partial charge in [-0.15, -0.1) is 9.24 Å². The van der Waals surface area contributed by atoms with Crippen LogP contribution in [0.1, 0.15) is 0 Å². The molecule has 0 bridgehead atoms. The lowest BCUT2D eigenvalue weighted by atomic mass is 10.3. The summed E-state index contributed by atoms with van der Waals surface area (Å²) in [7, 11) is 2.63. The number of nitrogens with two attached hydrogens (primary N) is 1. The molecule has 0 amide bonds. The highest BCUT2D eigenvalue weighted by atomic mass is 31.0. The molecule has 0 aliphatic rings. The summed E-state index contributed by atoms with van der Waals surface area (Å²) in [5, 5.41) is 1.24. The van der Waals surface area contributed by atoms with Crippen molar-refractivity contribution < 1.29 is 0 Å². The van der Waals surface area contributed by atoms with E-state index in [9.17, 15) is 0 Å². The van der Waals surface area contributed by atoms with Crippen LogP contribution in [0.4, 0.5) is 5.69 Å². The zero-order valence-electron chi connectivity index (χ0n) is 7.93. The van der Waals surface area contributed by atoms with E-state index >= 15 is 0 Å². The number of anilines is 1. The van der Waals surface area contributed by atoms with Crippen LogP contribution in [0.15, 0.2) is 60.7 Å². The Morgan fingerprint density at radius 2 is 1.14 bits per heavy atom. The molecule has 2 N–H and O–H groups in total. The molecule has 72 valence electrons. The predicted molar refractivity (Wildman–Crippen MR) is 66.6 cm³/mol. The summed E-state index contributed by atoms with van der Waals surface area (Å²) in [5.74, 6) is 0. The second-order valence-electron chi connectivity index (χ2n) is 2.82. The van der Waals surface area contributed by atoms with Gasteiger partial charge in [-0.25, -0.2) is 0 Å². The molecule has 1 atom stereocenters. The molecular weight excluding hydrogens is 189 g/mol. The molecule has 0 heterocycles. The Bertz CT molecular complexity index is 308. The minimum atomic E-state index is 0.822. The van der Waals surface area contributed by atoms with Crippen LogP contribution in [0, 0.1) is 0 Å². The van der Waals surface area contributed by atoms with Gasteiger partial charge in [0.25, 0.3) is 0 Å². The lowest BCUT2D eigenvalue weighted by Gasteiger charge is -1.83. The van der Waals surface area contributed by atoms with Gasteiger partial charge in [-0.2, -0.15) is 0 Å². The van der Waals surface area contributed by atoms with E-state index in [2.05, 4.69) is 9.24 Å². The third-order valence-corrected chi connectivity index (χ3v) is 1.98. The summed E-state index contributed by atoms with van der Waals surface area (Å²) in [6.45, 7) is 0. The molecule has 1 nitrogen and oxygen atoms in total. The molecule has 14 heavy (non-hydrogen) atoms. The molecule has 0 aliphatic carbocycles. The summed E-state index contributed by atoms with van der Waals surface area (Å²) in [6, 6.07) is 19.6. The second-order valence-corrected chi connectivity index (χ2v) is 3.49. The van der Waals surface area contributed by atoms with Crippen molar-refractivity contribution in [3.8, 4) is 0 Å². The normalized spacial score (nSPS) is 8.64. The molecule has 0 fully saturated rings. The standard InChI is InChI=1S/C6H7N.C6H7P/c2*7-6-4-2-1-3-5-6/h2*1-5H,7H2. The number of benzene rings is 2. The molecule has 0 saturated heterocycles. The fourth-order valence-corrected chi connectivity index (χ4v) is 1.13. The first kappa shape index (κ1) is 10.7. The van der Waals surface area contributed by atoms with Gasteiger partial charge in [-0.05, 0) is 17.4 Å².